The molecule has 34 heavy (non-hydrogen) atoms. The summed E-state index contributed by atoms with van der Waals surface area (Å²) in [5.74, 6) is 0.288. The number of aromatic nitrogens is 1. The summed E-state index contributed by atoms with van der Waals surface area (Å²) in [6.07, 6.45) is 3.86. The second kappa shape index (κ2) is 9.43. The molecule has 0 radical (unpaired) electrons. The van der Waals surface area contributed by atoms with Crippen LogP contribution in [0.2, 0.25) is 0 Å². The molecule has 1 N–H and O–H groups in total. The van der Waals surface area contributed by atoms with Gasteiger partial charge in [0, 0.05) is 25.0 Å². The number of fused-ring (bicyclic) bond motifs is 1. The fraction of sp³-hybridized carbons (Fsp3) is 0.296. The van der Waals surface area contributed by atoms with Crippen molar-refractivity contribution in [2.75, 3.05) is 19.6 Å². The Kier molecular flexibility index (Phi) is 6.20. The van der Waals surface area contributed by atoms with Gasteiger partial charge in [-0.3, -0.25) is 9.59 Å². The van der Waals surface area contributed by atoms with E-state index in [9.17, 15) is 9.59 Å². The first-order chi connectivity index (χ1) is 16.5. The normalized spacial score (nSPS) is 13.2. The first-order valence-corrected chi connectivity index (χ1v) is 12.4. The van der Waals surface area contributed by atoms with Crippen LogP contribution in [0.3, 0.4) is 0 Å². The molecule has 2 heterocycles. The van der Waals surface area contributed by atoms with Gasteiger partial charge in [0.05, 0.1) is 21.7 Å². The highest BCUT2D eigenvalue weighted by Gasteiger charge is 2.30. The fourth-order valence-corrected chi connectivity index (χ4v) is 5.02. The van der Waals surface area contributed by atoms with Crippen LogP contribution >= 0.6 is 11.3 Å². The molecule has 2 aromatic carbocycles. The number of thiazole rings is 1. The maximum atomic E-state index is 13.6. The van der Waals surface area contributed by atoms with Crippen LogP contribution in [-0.4, -0.2) is 41.3 Å². The van der Waals surface area contributed by atoms with E-state index in [0.717, 1.165) is 33.7 Å². The fourth-order valence-electron chi connectivity index (χ4n) is 4.10. The van der Waals surface area contributed by atoms with Gasteiger partial charge >= 0.3 is 0 Å². The molecule has 0 atom stereocenters. The van der Waals surface area contributed by atoms with Crippen LogP contribution in [0.25, 0.3) is 21.4 Å². The summed E-state index contributed by atoms with van der Waals surface area (Å²) in [6.45, 7) is 5.48. The average Bonchev–Trinajstić information content (AvgIpc) is 3.36. The van der Waals surface area contributed by atoms with Crippen LogP contribution in [0.1, 0.15) is 44.3 Å². The standard InChI is InChI=1S/C27H27N3O3S/c1-17-6-10-20(11-7-17)25-24(29-18(2)34-25)27(32)30(16-19-8-9-19)14-13-28-26(31)22-4-3-5-23-21(22)12-15-33-23/h3-7,10-12,15,19H,8-9,13-14,16H2,1-2H3,(H,28,31). The number of aryl methyl sites for hydroxylation is 2. The summed E-state index contributed by atoms with van der Waals surface area (Å²) in [4.78, 5) is 33.8. The third kappa shape index (κ3) is 4.75. The molecular weight excluding hydrogens is 446 g/mol. The lowest BCUT2D eigenvalue weighted by Gasteiger charge is -2.22. The summed E-state index contributed by atoms with van der Waals surface area (Å²) < 4.78 is 5.40. The molecule has 2 aromatic heterocycles. The van der Waals surface area contributed by atoms with Crippen molar-refractivity contribution in [1.29, 1.82) is 0 Å². The van der Waals surface area contributed by atoms with E-state index in [-0.39, 0.29) is 11.8 Å². The van der Waals surface area contributed by atoms with Gasteiger partial charge in [0.1, 0.15) is 11.3 Å². The van der Waals surface area contributed by atoms with Crippen LogP contribution in [-0.2, 0) is 0 Å². The summed E-state index contributed by atoms with van der Waals surface area (Å²) in [5.41, 5.74) is 3.94. The van der Waals surface area contributed by atoms with E-state index in [2.05, 4.69) is 22.4 Å². The maximum absolute atomic E-state index is 13.6. The van der Waals surface area contributed by atoms with E-state index in [1.54, 1.807) is 35.8 Å². The number of carbonyl (C=O) groups excluding carboxylic acids is 2. The smallest absolute Gasteiger partial charge is 0.274 e. The molecule has 0 saturated heterocycles. The van der Waals surface area contributed by atoms with Crippen LogP contribution in [0.15, 0.2) is 59.2 Å². The first kappa shape index (κ1) is 22.3. The summed E-state index contributed by atoms with van der Waals surface area (Å²) in [7, 11) is 0. The minimum Gasteiger partial charge on any atom is -0.464 e. The second-order valence-corrected chi connectivity index (χ2v) is 10.1. The van der Waals surface area contributed by atoms with E-state index in [4.69, 9.17) is 4.42 Å². The molecule has 4 aromatic rings. The quantitative estimate of drug-likeness (QED) is 0.369. The van der Waals surface area contributed by atoms with Crippen molar-refractivity contribution in [3.63, 3.8) is 0 Å². The van der Waals surface area contributed by atoms with Gasteiger partial charge in [-0.2, -0.15) is 0 Å². The van der Waals surface area contributed by atoms with Crippen LogP contribution in [0.5, 0.6) is 0 Å². The predicted molar refractivity (Wildman–Crippen MR) is 134 cm³/mol. The third-order valence-corrected chi connectivity index (χ3v) is 7.14. The van der Waals surface area contributed by atoms with Gasteiger partial charge < -0.3 is 14.6 Å². The van der Waals surface area contributed by atoms with Crippen LogP contribution < -0.4 is 5.32 Å². The molecule has 1 aliphatic rings. The van der Waals surface area contributed by atoms with Gasteiger partial charge in [0.15, 0.2) is 0 Å². The number of amides is 2. The van der Waals surface area contributed by atoms with Crippen molar-refractivity contribution in [1.82, 2.24) is 15.2 Å². The monoisotopic (exact) mass is 473 g/mol. The molecule has 174 valence electrons. The molecule has 1 aliphatic carbocycles. The number of hydrogen-bond donors (Lipinski definition) is 1. The molecule has 0 aliphatic heterocycles. The third-order valence-electron chi connectivity index (χ3n) is 6.12. The molecule has 7 heteroatoms. The largest absolute Gasteiger partial charge is 0.464 e. The number of nitrogens with one attached hydrogen (secondary N) is 1. The van der Waals surface area contributed by atoms with E-state index < -0.39 is 0 Å². The lowest BCUT2D eigenvalue weighted by molar-refractivity contribution is 0.0737. The Balaban J connectivity index is 1.31. The molecule has 0 unspecified atom stereocenters. The van der Waals surface area contributed by atoms with Gasteiger partial charge in [0.25, 0.3) is 11.8 Å². The van der Waals surface area contributed by atoms with Gasteiger partial charge in [-0.15, -0.1) is 11.3 Å². The second-order valence-electron chi connectivity index (χ2n) is 8.87. The Bertz CT molecular complexity index is 1330. The van der Waals surface area contributed by atoms with Crippen molar-refractivity contribution in [3.8, 4) is 10.4 Å². The zero-order valence-corrected chi connectivity index (χ0v) is 20.2. The number of carbonyl (C=O) groups is 2. The number of nitrogens with zero attached hydrogens (tertiary/aromatic N) is 2. The Morgan fingerprint density at radius 1 is 1.12 bits per heavy atom. The molecular formula is C27H27N3O3S. The maximum Gasteiger partial charge on any atom is 0.274 e. The lowest BCUT2D eigenvalue weighted by atomic mass is 10.1. The van der Waals surface area contributed by atoms with Crippen molar-refractivity contribution < 1.29 is 14.0 Å². The predicted octanol–water partition coefficient (Wildman–Crippen LogP) is 5.46. The van der Waals surface area contributed by atoms with E-state index in [1.165, 1.54) is 5.56 Å². The summed E-state index contributed by atoms with van der Waals surface area (Å²) in [5, 5.41) is 4.63. The Morgan fingerprint density at radius 3 is 2.68 bits per heavy atom. The average molecular weight is 474 g/mol. The summed E-state index contributed by atoms with van der Waals surface area (Å²) >= 11 is 1.54. The van der Waals surface area contributed by atoms with Gasteiger partial charge in [-0.25, -0.2) is 4.98 Å². The van der Waals surface area contributed by atoms with E-state index in [1.807, 2.05) is 36.9 Å². The van der Waals surface area contributed by atoms with Gasteiger partial charge in [-0.05, 0) is 56.4 Å². The topological polar surface area (TPSA) is 75.4 Å². The zero-order valence-electron chi connectivity index (χ0n) is 19.3. The molecule has 6 nitrogen and oxygen atoms in total. The van der Waals surface area contributed by atoms with Gasteiger partial charge in [0.2, 0.25) is 0 Å². The number of hydrogen-bond acceptors (Lipinski definition) is 5. The molecule has 5 rings (SSSR count). The van der Waals surface area contributed by atoms with Crippen LogP contribution in [0.4, 0.5) is 0 Å². The van der Waals surface area contributed by atoms with E-state index >= 15 is 0 Å². The molecule has 2 amide bonds. The minimum atomic E-state index is -0.171. The van der Waals surface area contributed by atoms with Crippen molar-refractivity contribution in [3.05, 3.63) is 76.6 Å². The lowest BCUT2D eigenvalue weighted by Crippen LogP contribution is -2.40. The van der Waals surface area contributed by atoms with Gasteiger partial charge in [-0.1, -0.05) is 35.9 Å². The van der Waals surface area contributed by atoms with Crippen LogP contribution in [0, 0.1) is 19.8 Å². The Hall–Kier alpha value is -3.45. The Morgan fingerprint density at radius 2 is 1.91 bits per heavy atom. The highest BCUT2D eigenvalue weighted by molar-refractivity contribution is 7.15. The summed E-state index contributed by atoms with van der Waals surface area (Å²) in [6, 6.07) is 15.4. The molecule has 1 fully saturated rings. The van der Waals surface area contributed by atoms with Crippen molar-refractivity contribution >= 4 is 34.1 Å². The molecule has 1 saturated carbocycles. The Labute approximate surface area is 202 Å². The number of furan rings is 1. The number of rotatable bonds is 8. The van der Waals surface area contributed by atoms with Crippen molar-refractivity contribution in [2.24, 2.45) is 5.92 Å². The number of benzene rings is 2. The molecule has 0 bridgehead atoms. The van der Waals surface area contributed by atoms with E-state index in [0.29, 0.717) is 42.4 Å². The first-order valence-electron chi connectivity index (χ1n) is 11.6. The SMILES string of the molecule is Cc1ccc(-c2sc(C)nc2C(=O)N(CCNC(=O)c2cccc3occc23)CC2CC2)cc1. The van der Waals surface area contributed by atoms with Crippen molar-refractivity contribution in [2.45, 2.75) is 26.7 Å². The highest BCUT2D eigenvalue weighted by Crippen LogP contribution is 2.33. The zero-order chi connectivity index (χ0) is 23.7. The highest BCUT2D eigenvalue weighted by atomic mass is 32.1. The minimum absolute atomic E-state index is 0.0713. The molecule has 0 spiro atoms.